The number of allylic oxidation sites excluding steroid dienone is 1. The van der Waals surface area contributed by atoms with E-state index in [1.807, 2.05) is 13.0 Å². The summed E-state index contributed by atoms with van der Waals surface area (Å²) in [5.41, 5.74) is 1.18. The van der Waals surface area contributed by atoms with Crippen molar-refractivity contribution in [2.45, 2.75) is 26.2 Å². The molecular weight excluding hydrogens is 222 g/mol. The molecule has 0 saturated carbocycles. The molecule has 1 aromatic rings. The molecule has 2 rings (SSSR count). The molecule has 0 radical (unpaired) electrons. The van der Waals surface area contributed by atoms with Crippen LogP contribution in [0.25, 0.3) is 11.6 Å². The van der Waals surface area contributed by atoms with Crippen molar-refractivity contribution < 1.29 is 4.79 Å². The molecular formula is C16H19NO. The van der Waals surface area contributed by atoms with Gasteiger partial charge in [-0.1, -0.05) is 49.4 Å². The number of hydrogen-bond donors (Lipinski definition) is 1. The summed E-state index contributed by atoms with van der Waals surface area (Å²) in [7, 11) is 0. The van der Waals surface area contributed by atoms with E-state index in [1.54, 1.807) is 0 Å². The molecule has 0 heterocycles. The van der Waals surface area contributed by atoms with Crippen LogP contribution in [0.1, 0.15) is 26.2 Å². The van der Waals surface area contributed by atoms with E-state index in [1.165, 1.54) is 16.0 Å². The number of hydrogen-bond acceptors (Lipinski definition) is 1. The van der Waals surface area contributed by atoms with Gasteiger partial charge < -0.3 is 5.32 Å². The van der Waals surface area contributed by atoms with Crippen molar-refractivity contribution >= 4 is 17.6 Å². The topological polar surface area (TPSA) is 29.1 Å². The Morgan fingerprint density at radius 1 is 1.28 bits per heavy atom. The highest BCUT2D eigenvalue weighted by molar-refractivity contribution is 5.77. The van der Waals surface area contributed by atoms with Crippen LogP contribution in [0.4, 0.5) is 0 Å². The third kappa shape index (κ3) is 3.10. The van der Waals surface area contributed by atoms with Crippen LogP contribution >= 0.6 is 0 Å². The van der Waals surface area contributed by atoms with E-state index in [0.717, 1.165) is 12.8 Å². The number of carbonyl (C=O) groups excluding carboxylic acids is 1. The van der Waals surface area contributed by atoms with Crippen LogP contribution in [0.2, 0.25) is 0 Å². The molecule has 0 atom stereocenters. The molecule has 94 valence electrons. The van der Waals surface area contributed by atoms with Gasteiger partial charge >= 0.3 is 0 Å². The fourth-order valence-corrected chi connectivity index (χ4v) is 2.09. The lowest BCUT2D eigenvalue weighted by atomic mass is 10.1. The number of benzene rings is 1. The molecule has 2 heteroatoms. The summed E-state index contributed by atoms with van der Waals surface area (Å²) in [6.45, 7) is 2.48. The normalized spacial score (nSPS) is 20.8. The molecule has 0 fully saturated rings. The SMILES string of the molecule is CCC(=O)NCC1=c2\cccc\c2=C\CC/C=C\1. The minimum atomic E-state index is 0.0967. The molecule has 0 bridgehead atoms. The fourth-order valence-electron chi connectivity index (χ4n) is 2.09. The van der Waals surface area contributed by atoms with Gasteiger partial charge in [0.15, 0.2) is 0 Å². The molecule has 0 unspecified atom stereocenters. The monoisotopic (exact) mass is 241 g/mol. The van der Waals surface area contributed by atoms with E-state index >= 15 is 0 Å². The largest absolute Gasteiger partial charge is 0.352 e. The van der Waals surface area contributed by atoms with Gasteiger partial charge in [-0.05, 0) is 28.9 Å². The minimum Gasteiger partial charge on any atom is -0.352 e. The van der Waals surface area contributed by atoms with Gasteiger partial charge in [-0.15, -0.1) is 0 Å². The predicted octanol–water partition coefficient (Wildman–Crippen LogP) is 1.49. The average Bonchev–Trinajstić information content (AvgIpc) is 2.38. The average molecular weight is 241 g/mol. The summed E-state index contributed by atoms with van der Waals surface area (Å²) in [5.74, 6) is 0.0967. The van der Waals surface area contributed by atoms with E-state index in [9.17, 15) is 4.79 Å². The maximum atomic E-state index is 11.4. The van der Waals surface area contributed by atoms with Gasteiger partial charge in [-0.2, -0.15) is 0 Å². The molecule has 0 aliphatic heterocycles. The first-order valence-corrected chi connectivity index (χ1v) is 6.53. The predicted molar refractivity (Wildman–Crippen MR) is 75.2 cm³/mol. The first-order valence-electron chi connectivity index (χ1n) is 6.53. The first-order chi connectivity index (χ1) is 8.81. The van der Waals surface area contributed by atoms with Crippen molar-refractivity contribution in [1.29, 1.82) is 0 Å². The highest BCUT2D eigenvalue weighted by Crippen LogP contribution is 2.01. The Bertz CT molecular complexity index is 569. The number of amides is 1. The van der Waals surface area contributed by atoms with Crippen LogP contribution in [0.15, 0.2) is 36.4 Å². The number of nitrogens with one attached hydrogen (secondary N) is 1. The van der Waals surface area contributed by atoms with Crippen molar-refractivity contribution in [2.24, 2.45) is 0 Å². The zero-order valence-corrected chi connectivity index (χ0v) is 10.8. The molecule has 1 amide bonds. The summed E-state index contributed by atoms with van der Waals surface area (Å²) >= 11 is 0. The Labute approximate surface area is 108 Å². The zero-order valence-electron chi connectivity index (χ0n) is 10.8. The van der Waals surface area contributed by atoms with Crippen LogP contribution in [-0.4, -0.2) is 12.5 Å². The minimum absolute atomic E-state index is 0.0967. The Morgan fingerprint density at radius 3 is 2.94 bits per heavy atom. The fraction of sp³-hybridized carbons (Fsp3) is 0.312. The van der Waals surface area contributed by atoms with Crippen LogP contribution in [0.3, 0.4) is 0 Å². The summed E-state index contributed by atoms with van der Waals surface area (Å²) in [6.07, 6.45) is 9.24. The van der Waals surface area contributed by atoms with E-state index in [0.29, 0.717) is 13.0 Å². The maximum absolute atomic E-state index is 11.4. The summed E-state index contributed by atoms with van der Waals surface area (Å²) in [6, 6.07) is 8.36. The lowest BCUT2D eigenvalue weighted by molar-refractivity contribution is -0.120. The van der Waals surface area contributed by atoms with Gasteiger partial charge in [0.25, 0.3) is 0 Å². The molecule has 0 spiro atoms. The van der Waals surface area contributed by atoms with Gasteiger partial charge in [0, 0.05) is 13.0 Å². The van der Waals surface area contributed by atoms with Crippen LogP contribution in [0, 0.1) is 0 Å². The van der Waals surface area contributed by atoms with Crippen LogP contribution < -0.4 is 15.8 Å². The number of rotatable bonds is 3. The number of fused-ring (bicyclic) bond motifs is 1. The molecule has 0 aromatic heterocycles. The van der Waals surface area contributed by atoms with Crippen LogP contribution in [0.5, 0.6) is 0 Å². The quantitative estimate of drug-likeness (QED) is 0.853. The lowest BCUT2D eigenvalue weighted by Gasteiger charge is -2.07. The molecule has 2 nitrogen and oxygen atoms in total. The Hall–Kier alpha value is -1.83. The van der Waals surface area contributed by atoms with Crippen LogP contribution in [-0.2, 0) is 4.79 Å². The molecule has 0 saturated heterocycles. The lowest BCUT2D eigenvalue weighted by Crippen LogP contribution is -2.32. The third-order valence-corrected chi connectivity index (χ3v) is 3.12. The molecule has 18 heavy (non-hydrogen) atoms. The molecule has 1 aliphatic rings. The maximum Gasteiger partial charge on any atom is 0.219 e. The smallest absolute Gasteiger partial charge is 0.219 e. The van der Waals surface area contributed by atoms with Crippen molar-refractivity contribution in [3.05, 3.63) is 46.9 Å². The Kier molecular flexibility index (Phi) is 4.35. The number of carbonyl (C=O) groups is 1. The standard InChI is InChI=1S/C16H19NO/c1-2-16(18)17-12-14-10-5-3-4-8-13-9-6-7-11-15(13)14/h5-11H,2-4,12H2,1H3,(H,17,18)/b10-5-,13-8-,15-14+. The van der Waals surface area contributed by atoms with Crippen molar-refractivity contribution in [1.82, 2.24) is 5.32 Å². The second-order valence-corrected chi connectivity index (χ2v) is 4.43. The first kappa shape index (κ1) is 12.6. The van der Waals surface area contributed by atoms with E-state index < -0.39 is 0 Å². The highest BCUT2D eigenvalue weighted by atomic mass is 16.1. The molecule has 1 aromatic carbocycles. The summed E-state index contributed by atoms with van der Waals surface area (Å²) in [5, 5.41) is 5.44. The molecule has 1 aliphatic carbocycles. The van der Waals surface area contributed by atoms with Gasteiger partial charge in [0.1, 0.15) is 0 Å². The Balaban J connectivity index is 2.41. The molecule has 1 N–H and O–H groups in total. The second kappa shape index (κ2) is 6.20. The van der Waals surface area contributed by atoms with Crippen molar-refractivity contribution in [3.8, 4) is 0 Å². The van der Waals surface area contributed by atoms with Gasteiger partial charge in [0.05, 0.1) is 0 Å². The summed E-state index contributed by atoms with van der Waals surface area (Å²) in [4.78, 5) is 11.4. The van der Waals surface area contributed by atoms with Crippen molar-refractivity contribution in [2.75, 3.05) is 6.54 Å². The van der Waals surface area contributed by atoms with Gasteiger partial charge in [-0.25, -0.2) is 0 Å². The second-order valence-electron chi connectivity index (χ2n) is 4.43. The van der Waals surface area contributed by atoms with Gasteiger partial charge in [0.2, 0.25) is 5.91 Å². The zero-order chi connectivity index (χ0) is 12.8. The third-order valence-electron chi connectivity index (χ3n) is 3.12. The van der Waals surface area contributed by atoms with Gasteiger partial charge in [-0.3, -0.25) is 4.79 Å². The van der Waals surface area contributed by atoms with E-state index in [2.05, 4.69) is 41.7 Å². The highest BCUT2D eigenvalue weighted by Gasteiger charge is 2.01. The summed E-state index contributed by atoms with van der Waals surface area (Å²) < 4.78 is 0. The van der Waals surface area contributed by atoms with E-state index in [-0.39, 0.29) is 5.91 Å². The Morgan fingerprint density at radius 2 is 2.11 bits per heavy atom. The van der Waals surface area contributed by atoms with E-state index in [4.69, 9.17) is 0 Å². The van der Waals surface area contributed by atoms with Crippen molar-refractivity contribution in [3.63, 3.8) is 0 Å².